The zero-order valence-corrected chi connectivity index (χ0v) is 31.2. The molecule has 0 amide bonds. The van der Waals surface area contributed by atoms with E-state index in [-0.39, 0.29) is 21.2 Å². The van der Waals surface area contributed by atoms with Gasteiger partial charge in [0, 0.05) is 33.3 Å². The lowest BCUT2D eigenvalue weighted by molar-refractivity contribution is -0.383. The fraction of sp³-hybridized carbons (Fsp3) is 0.100. The lowest BCUT2D eigenvalue weighted by Crippen LogP contribution is -2.26. The van der Waals surface area contributed by atoms with E-state index in [1.165, 1.54) is 42.7 Å². The third kappa shape index (κ3) is 9.53. The zero-order chi connectivity index (χ0) is 38.7. The van der Waals surface area contributed by atoms with Crippen molar-refractivity contribution in [2.45, 2.75) is 22.9 Å². The molecule has 4 N–H and O–H groups in total. The van der Waals surface area contributed by atoms with Crippen molar-refractivity contribution in [3.8, 4) is 0 Å². The molecular formula is C40H40N6O6S2. The number of nitrogens with one attached hydrogen (secondary N) is 2. The zero-order valence-electron chi connectivity index (χ0n) is 29.6. The van der Waals surface area contributed by atoms with E-state index in [2.05, 4.69) is 10.6 Å². The maximum atomic E-state index is 12.7. The van der Waals surface area contributed by atoms with Crippen LogP contribution in [0, 0.1) is 10.1 Å². The van der Waals surface area contributed by atoms with Crippen molar-refractivity contribution < 1.29 is 21.8 Å². The molecule has 0 aliphatic carbocycles. The van der Waals surface area contributed by atoms with Gasteiger partial charge in [-0.15, -0.1) is 0 Å². The van der Waals surface area contributed by atoms with Gasteiger partial charge in [-0.3, -0.25) is 18.7 Å². The summed E-state index contributed by atoms with van der Waals surface area (Å²) in [6.45, 7) is 1.06. The molecule has 54 heavy (non-hydrogen) atoms. The third-order valence-electron chi connectivity index (χ3n) is 8.40. The van der Waals surface area contributed by atoms with Crippen molar-refractivity contribution in [2.75, 3.05) is 39.1 Å². The molecule has 0 unspecified atom stereocenters. The molecule has 12 nitrogen and oxygen atoms in total. The van der Waals surface area contributed by atoms with Crippen molar-refractivity contribution in [1.82, 2.24) is 0 Å². The van der Waals surface area contributed by atoms with Gasteiger partial charge in [0.25, 0.3) is 25.7 Å². The molecule has 0 saturated carbocycles. The monoisotopic (exact) mass is 764 g/mol. The highest BCUT2D eigenvalue weighted by Gasteiger charge is 2.24. The Kier molecular flexibility index (Phi) is 12.5. The lowest BCUT2D eigenvalue weighted by Gasteiger charge is -2.21. The number of nitro benzene ring substituents is 1. The maximum absolute atomic E-state index is 12.7. The van der Waals surface area contributed by atoms with Crippen LogP contribution in [-0.2, 0) is 33.1 Å². The van der Waals surface area contributed by atoms with E-state index in [1.54, 1.807) is 72.8 Å². The van der Waals surface area contributed by atoms with E-state index in [1.807, 2.05) is 60.7 Å². The fourth-order valence-corrected chi connectivity index (χ4v) is 7.71. The molecule has 6 aromatic rings. The number of anilines is 5. The summed E-state index contributed by atoms with van der Waals surface area (Å²) in [6, 6.07) is 45.2. The number of nitrogen functional groups attached to an aromatic ring is 1. The molecule has 0 saturated heterocycles. The largest absolute Gasteiger partial charge is 0.397 e. The molecule has 0 aromatic heterocycles. The highest BCUT2D eigenvalue weighted by atomic mass is 32.2. The van der Waals surface area contributed by atoms with Gasteiger partial charge in [-0.25, -0.2) is 16.8 Å². The SMILES string of the molecule is CN(c1ccc(NCc2ccccc2)c(N)c1)S(=O)(=O)c1ccccc1.CN(c1ccc(NCc2ccccc2)c([N+](=O)[O-])c1)S(=O)(=O)c1ccccc1. The molecule has 6 aromatic carbocycles. The van der Waals surface area contributed by atoms with Crippen LogP contribution in [0.1, 0.15) is 11.1 Å². The Hall–Kier alpha value is -6.38. The molecule has 0 bridgehead atoms. The van der Waals surface area contributed by atoms with E-state index >= 15 is 0 Å². The average molecular weight is 765 g/mol. The molecule has 0 radical (unpaired) electrons. The van der Waals surface area contributed by atoms with E-state index in [9.17, 15) is 26.9 Å². The second-order valence-electron chi connectivity index (χ2n) is 12.0. The van der Waals surface area contributed by atoms with Crippen molar-refractivity contribution in [3.05, 3.63) is 179 Å². The molecule has 6 rings (SSSR count). The second kappa shape index (κ2) is 17.4. The highest BCUT2D eigenvalue weighted by molar-refractivity contribution is 7.93. The molecule has 0 heterocycles. The minimum atomic E-state index is -3.81. The Labute approximate surface area is 315 Å². The van der Waals surface area contributed by atoms with Crippen LogP contribution in [0.2, 0.25) is 0 Å². The molecule has 0 spiro atoms. The Morgan fingerprint density at radius 3 is 1.33 bits per heavy atom. The first-order chi connectivity index (χ1) is 25.9. The minimum absolute atomic E-state index is 0.117. The van der Waals surface area contributed by atoms with Crippen LogP contribution in [0.3, 0.4) is 0 Å². The average Bonchev–Trinajstić information content (AvgIpc) is 3.20. The summed E-state index contributed by atoms with van der Waals surface area (Å²) < 4.78 is 53.2. The topological polar surface area (TPSA) is 168 Å². The summed E-state index contributed by atoms with van der Waals surface area (Å²) >= 11 is 0. The standard InChI is InChI=1S/C20H19N3O4S.C20H21N3O2S/c1-22(28(26,27)18-10-6-3-7-11-18)17-12-13-19(20(14-17)23(24)25)21-15-16-8-4-2-5-9-16;1-23(26(24,25)18-10-6-3-7-11-18)17-12-13-20(19(21)14-17)22-15-16-8-4-2-5-9-16/h2-14,21H,15H2,1H3;2-14,22H,15,21H2,1H3. The van der Waals surface area contributed by atoms with E-state index in [0.717, 1.165) is 21.1 Å². The number of benzene rings is 6. The van der Waals surface area contributed by atoms with Gasteiger partial charge < -0.3 is 16.4 Å². The van der Waals surface area contributed by atoms with Crippen LogP contribution in [0.4, 0.5) is 34.1 Å². The van der Waals surface area contributed by atoms with Crippen molar-refractivity contribution in [3.63, 3.8) is 0 Å². The lowest BCUT2D eigenvalue weighted by atomic mass is 10.2. The van der Waals surface area contributed by atoms with Crippen LogP contribution in [0.5, 0.6) is 0 Å². The summed E-state index contributed by atoms with van der Waals surface area (Å²) in [7, 11) is -4.54. The van der Waals surface area contributed by atoms with Gasteiger partial charge in [-0.2, -0.15) is 0 Å². The van der Waals surface area contributed by atoms with Crippen molar-refractivity contribution in [1.29, 1.82) is 0 Å². The van der Waals surface area contributed by atoms with Gasteiger partial charge in [0.15, 0.2) is 0 Å². The molecule has 14 heteroatoms. The molecule has 0 fully saturated rings. The summed E-state index contributed by atoms with van der Waals surface area (Å²) in [5.74, 6) is 0. The minimum Gasteiger partial charge on any atom is -0.397 e. The quantitative estimate of drug-likeness (QED) is 0.0605. The molecule has 0 aliphatic heterocycles. The van der Waals surface area contributed by atoms with Crippen LogP contribution in [0.15, 0.2) is 168 Å². The van der Waals surface area contributed by atoms with Gasteiger partial charge in [-0.1, -0.05) is 97.1 Å². The van der Waals surface area contributed by atoms with Gasteiger partial charge in [0.05, 0.1) is 37.5 Å². The smallest absolute Gasteiger partial charge is 0.294 e. The number of hydrogen-bond acceptors (Lipinski definition) is 9. The van der Waals surface area contributed by atoms with Gasteiger partial charge >= 0.3 is 0 Å². The van der Waals surface area contributed by atoms with Gasteiger partial charge in [0.2, 0.25) is 0 Å². The van der Waals surface area contributed by atoms with Crippen molar-refractivity contribution >= 4 is 54.2 Å². The highest BCUT2D eigenvalue weighted by Crippen LogP contribution is 2.32. The fourth-order valence-electron chi connectivity index (χ4n) is 5.29. The predicted molar refractivity (Wildman–Crippen MR) is 216 cm³/mol. The van der Waals surface area contributed by atoms with Gasteiger partial charge in [0.1, 0.15) is 5.69 Å². The van der Waals surface area contributed by atoms with Crippen LogP contribution in [-0.4, -0.2) is 35.9 Å². The van der Waals surface area contributed by atoms with E-state index < -0.39 is 25.0 Å². The van der Waals surface area contributed by atoms with Crippen LogP contribution >= 0.6 is 0 Å². The number of sulfonamides is 2. The number of nitro groups is 1. The number of hydrogen-bond donors (Lipinski definition) is 3. The summed E-state index contributed by atoms with van der Waals surface area (Å²) in [6.07, 6.45) is 0. The van der Waals surface area contributed by atoms with E-state index in [0.29, 0.717) is 30.2 Å². The predicted octanol–water partition coefficient (Wildman–Crippen LogP) is 7.74. The molecule has 0 atom stereocenters. The first kappa shape index (κ1) is 38.8. The number of nitrogens with two attached hydrogens (primary N) is 1. The van der Waals surface area contributed by atoms with E-state index in [4.69, 9.17) is 5.73 Å². The first-order valence-electron chi connectivity index (χ1n) is 16.7. The van der Waals surface area contributed by atoms with Crippen LogP contribution in [0.25, 0.3) is 0 Å². The maximum Gasteiger partial charge on any atom is 0.294 e. The summed E-state index contributed by atoms with van der Waals surface area (Å²) in [5, 5.41) is 17.8. The van der Waals surface area contributed by atoms with Crippen molar-refractivity contribution in [2.24, 2.45) is 0 Å². The number of nitrogens with zero attached hydrogens (tertiary/aromatic N) is 3. The number of rotatable bonds is 13. The third-order valence-corrected chi connectivity index (χ3v) is 12.0. The summed E-state index contributed by atoms with van der Waals surface area (Å²) in [4.78, 5) is 11.4. The first-order valence-corrected chi connectivity index (χ1v) is 19.6. The Morgan fingerprint density at radius 2 is 0.926 bits per heavy atom. The molecular weight excluding hydrogens is 725 g/mol. The molecule has 0 aliphatic rings. The van der Waals surface area contributed by atoms with Crippen LogP contribution < -0.4 is 25.0 Å². The second-order valence-corrected chi connectivity index (χ2v) is 15.9. The summed E-state index contributed by atoms with van der Waals surface area (Å²) in [5.41, 5.74) is 10.3. The molecule has 278 valence electrons. The normalized spacial score (nSPS) is 11.1. The Bertz CT molecular complexity index is 2390. The Morgan fingerprint density at radius 1 is 0.556 bits per heavy atom. The Balaban J connectivity index is 0.000000208. The van der Waals surface area contributed by atoms with Gasteiger partial charge in [-0.05, 0) is 65.7 Å².